The highest BCUT2D eigenvalue weighted by molar-refractivity contribution is 5.83. The fourth-order valence-corrected chi connectivity index (χ4v) is 3.49. The highest BCUT2D eigenvalue weighted by atomic mass is 16.7. The molecule has 2 aliphatic rings. The maximum atomic E-state index is 12.0. The minimum atomic E-state index is -0.865. The van der Waals surface area contributed by atoms with E-state index >= 15 is 0 Å². The minimum absolute atomic E-state index is 0.135. The summed E-state index contributed by atoms with van der Waals surface area (Å²) in [5.74, 6) is -0.472. The normalized spacial score (nSPS) is 38.5. The molecule has 5 atom stereocenters. The Morgan fingerprint density at radius 2 is 2.00 bits per heavy atom. The van der Waals surface area contributed by atoms with E-state index in [1.54, 1.807) is 6.92 Å². The third-order valence-electron chi connectivity index (χ3n) is 4.70. The Labute approximate surface area is 130 Å². The first-order valence-corrected chi connectivity index (χ1v) is 7.78. The van der Waals surface area contributed by atoms with Crippen LogP contribution >= 0.6 is 0 Å². The Morgan fingerprint density at radius 1 is 1.32 bits per heavy atom. The molecule has 0 bridgehead atoms. The first-order valence-electron chi connectivity index (χ1n) is 7.78. The highest BCUT2D eigenvalue weighted by Gasteiger charge is 2.59. The summed E-state index contributed by atoms with van der Waals surface area (Å²) in [5, 5.41) is 13.5. The molecule has 1 amide bonds. The third-order valence-corrected chi connectivity index (χ3v) is 4.70. The van der Waals surface area contributed by atoms with Gasteiger partial charge >= 0.3 is 0 Å². The molecule has 2 heterocycles. The monoisotopic (exact) mass is 305 g/mol. The first kappa shape index (κ1) is 15.5. The van der Waals surface area contributed by atoms with Crippen LogP contribution in [0.1, 0.15) is 32.6 Å². The Hall–Kier alpha value is -1.43. The van der Waals surface area contributed by atoms with Gasteiger partial charge < -0.3 is 19.9 Å². The summed E-state index contributed by atoms with van der Waals surface area (Å²) in [4.78, 5) is 12.0. The molecular weight excluding hydrogens is 282 g/mol. The number of carbonyl (C=O) groups excluding carboxylic acids is 1. The van der Waals surface area contributed by atoms with Crippen molar-refractivity contribution in [1.82, 2.24) is 5.32 Å². The predicted molar refractivity (Wildman–Crippen MR) is 80.9 cm³/mol. The Morgan fingerprint density at radius 3 is 2.55 bits per heavy atom. The molecule has 0 aliphatic carbocycles. The largest absolute Gasteiger partial charge is 0.390 e. The lowest BCUT2D eigenvalue weighted by Crippen LogP contribution is -2.66. The van der Waals surface area contributed by atoms with Gasteiger partial charge in [0, 0.05) is 5.56 Å². The predicted octanol–water partition coefficient (Wildman–Crippen LogP) is 1.62. The zero-order valence-corrected chi connectivity index (χ0v) is 13.2. The van der Waals surface area contributed by atoms with Crippen LogP contribution in [0.4, 0.5) is 0 Å². The van der Waals surface area contributed by atoms with Crippen molar-refractivity contribution in [3.63, 3.8) is 0 Å². The smallest absolute Gasteiger partial charge is 0.226 e. The molecule has 1 spiro atoms. The number of ether oxygens (including phenoxy) is 2. The summed E-state index contributed by atoms with van der Waals surface area (Å²) in [7, 11) is 0. The molecule has 22 heavy (non-hydrogen) atoms. The summed E-state index contributed by atoms with van der Waals surface area (Å²) in [6.07, 6.45) is -1.60. The van der Waals surface area contributed by atoms with E-state index in [0.717, 1.165) is 5.56 Å². The van der Waals surface area contributed by atoms with Gasteiger partial charge in [0.2, 0.25) is 5.91 Å². The fraction of sp³-hybridized carbons (Fsp3) is 0.588. The molecule has 3 rings (SSSR count). The number of hydrogen-bond donors (Lipinski definition) is 2. The minimum Gasteiger partial charge on any atom is -0.390 e. The van der Waals surface area contributed by atoms with Crippen molar-refractivity contribution in [2.75, 3.05) is 6.61 Å². The van der Waals surface area contributed by atoms with E-state index in [4.69, 9.17) is 9.47 Å². The molecule has 5 heteroatoms. The second kappa shape index (κ2) is 5.65. The quantitative estimate of drug-likeness (QED) is 0.871. The summed E-state index contributed by atoms with van der Waals surface area (Å²) < 4.78 is 12.0. The SMILES string of the molecule is CC(C)[C@@H]1O[C@H](c2ccccc2)OC[C@@]12NC(=O)[C@@H](C)[C@@H]2O. The van der Waals surface area contributed by atoms with Crippen LogP contribution in [0.25, 0.3) is 0 Å². The van der Waals surface area contributed by atoms with Gasteiger partial charge in [0.05, 0.1) is 24.7 Å². The number of nitrogens with one attached hydrogen (secondary N) is 1. The molecule has 120 valence electrons. The zero-order valence-electron chi connectivity index (χ0n) is 13.2. The average Bonchev–Trinajstić information content (AvgIpc) is 2.73. The van der Waals surface area contributed by atoms with Crippen molar-refractivity contribution in [2.24, 2.45) is 11.8 Å². The van der Waals surface area contributed by atoms with Gasteiger partial charge in [-0.25, -0.2) is 0 Å². The van der Waals surface area contributed by atoms with Crippen molar-refractivity contribution >= 4 is 5.91 Å². The number of benzene rings is 1. The molecular formula is C17H23NO4. The van der Waals surface area contributed by atoms with Crippen molar-refractivity contribution in [3.8, 4) is 0 Å². The lowest BCUT2D eigenvalue weighted by atomic mass is 9.79. The van der Waals surface area contributed by atoms with Gasteiger partial charge in [-0.1, -0.05) is 51.1 Å². The molecule has 2 aliphatic heterocycles. The summed E-state index contributed by atoms with van der Waals surface area (Å²) in [5.41, 5.74) is 0.0746. The summed E-state index contributed by atoms with van der Waals surface area (Å²) in [6, 6.07) is 9.71. The Balaban J connectivity index is 1.88. The molecule has 0 saturated carbocycles. The molecule has 1 aromatic rings. The van der Waals surface area contributed by atoms with Crippen LogP contribution in [-0.4, -0.2) is 35.4 Å². The fourth-order valence-electron chi connectivity index (χ4n) is 3.49. The Kier molecular flexibility index (Phi) is 3.97. The van der Waals surface area contributed by atoms with Crippen LogP contribution in [0, 0.1) is 11.8 Å². The van der Waals surface area contributed by atoms with Gasteiger partial charge in [0.1, 0.15) is 5.54 Å². The number of aliphatic hydroxyl groups is 1. The maximum absolute atomic E-state index is 12.0. The molecule has 0 unspecified atom stereocenters. The molecule has 0 radical (unpaired) electrons. The summed E-state index contributed by atoms with van der Waals surface area (Å²) in [6.45, 7) is 6.03. The molecule has 0 aromatic heterocycles. The van der Waals surface area contributed by atoms with Crippen LogP contribution in [-0.2, 0) is 14.3 Å². The van der Waals surface area contributed by atoms with Gasteiger partial charge in [-0.05, 0) is 5.92 Å². The lowest BCUT2D eigenvalue weighted by Gasteiger charge is -2.47. The van der Waals surface area contributed by atoms with Crippen molar-refractivity contribution in [3.05, 3.63) is 35.9 Å². The van der Waals surface area contributed by atoms with E-state index in [1.807, 2.05) is 44.2 Å². The van der Waals surface area contributed by atoms with E-state index in [2.05, 4.69) is 5.32 Å². The third kappa shape index (κ3) is 2.33. The van der Waals surface area contributed by atoms with Crippen LogP contribution < -0.4 is 5.32 Å². The topological polar surface area (TPSA) is 67.8 Å². The molecule has 2 saturated heterocycles. The van der Waals surface area contributed by atoms with Gasteiger partial charge in [0.15, 0.2) is 6.29 Å². The number of amides is 1. The molecule has 2 fully saturated rings. The zero-order chi connectivity index (χ0) is 15.9. The first-order chi connectivity index (χ1) is 10.5. The van der Waals surface area contributed by atoms with Crippen LogP contribution in [0.3, 0.4) is 0 Å². The number of carbonyl (C=O) groups is 1. The van der Waals surface area contributed by atoms with Crippen molar-refractivity contribution in [1.29, 1.82) is 0 Å². The number of rotatable bonds is 2. The lowest BCUT2D eigenvalue weighted by molar-refractivity contribution is -0.274. The molecule has 2 N–H and O–H groups in total. The van der Waals surface area contributed by atoms with Gasteiger partial charge in [-0.2, -0.15) is 0 Å². The van der Waals surface area contributed by atoms with Crippen molar-refractivity contribution in [2.45, 2.75) is 44.8 Å². The molecule has 5 nitrogen and oxygen atoms in total. The van der Waals surface area contributed by atoms with Gasteiger partial charge in [-0.3, -0.25) is 4.79 Å². The van der Waals surface area contributed by atoms with E-state index < -0.39 is 23.9 Å². The standard InChI is InChI=1S/C17H23NO4/c1-10(2)14-17(13(19)11(3)15(20)18-17)9-21-16(22-14)12-7-5-4-6-8-12/h4-8,10-11,13-14,16,19H,9H2,1-3H3,(H,18,20)/t11-,13-,14-,16+,17-/m0/s1. The van der Waals surface area contributed by atoms with E-state index in [9.17, 15) is 9.90 Å². The van der Waals surface area contributed by atoms with Crippen molar-refractivity contribution < 1.29 is 19.4 Å². The Bertz CT molecular complexity index is 547. The second-order valence-corrected chi connectivity index (χ2v) is 6.62. The summed E-state index contributed by atoms with van der Waals surface area (Å²) >= 11 is 0. The highest BCUT2D eigenvalue weighted by Crippen LogP contribution is 2.41. The van der Waals surface area contributed by atoms with Crippen LogP contribution in [0.15, 0.2) is 30.3 Å². The average molecular weight is 305 g/mol. The maximum Gasteiger partial charge on any atom is 0.226 e. The number of aliphatic hydroxyl groups excluding tert-OH is 1. The molecule has 1 aromatic carbocycles. The van der Waals surface area contributed by atoms with Gasteiger partial charge in [-0.15, -0.1) is 0 Å². The van der Waals surface area contributed by atoms with Crippen LogP contribution in [0.5, 0.6) is 0 Å². The van der Waals surface area contributed by atoms with E-state index in [-0.39, 0.29) is 24.5 Å². The van der Waals surface area contributed by atoms with E-state index in [0.29, 0.717) is 0 Å². The number of hydrogen-bond acceptors (Lipinski definition) is 4. The van der Waals surface area contributed by atoms with Gasteiger partial charge in [0.25, 0.3) is 0 Å². The second-order valence-electron chi connectivity index (χ2n) is 6.62. The van der Waals surface area contributed by atoms with E-state index in [1.165, 1.54) is 0 Å². The van der Waals surface area contributed by atoms with Crippen LogP contribution in [0.2, 0.25) is 0 Å².